The number of hydrogen-bond donors (Lipinski definition) is 1. The number of nitrogens with zero attached hydrogens (tertiary/aromatic N) is 1. The molecule has 2 aromatic carbocycles. The van der Waals surface area contributed by atoms with Crippen LogP contribution in [0.15, 0.2) is 30.3 Å². The lowest BCUT2D eigenvalue weighted by atomic mass is 10.2. The molecule has 0 saturated carbocycles. The van der Waals surface area contributed by atoms with Gasteiger partial charge in [-0.15, -0.1) is 0 Å². The zero-order chi connectivity index (χ0) is 14.9. The minimum atomic E-state index is -0.586. The third-order valence-corrected chi connectivity index (χ3v) is 3.54. The fourth-order valence-corrected chi connectivity index (χ4v) is 2.34. The van der Waals surface area contributed by atoms with Gasteiger partial charge in [-0.25, -0.2) is 8.78 Å². The first-order valence-electron chi connectivity index (χ1n) is 5.55. The van der Waals surface area contributed by atoms with Crippen LogP contribution in [0.5, 0.6) is 0 Å². The SMILES string of the molecule is Cc1cc(F)c(Nc2ccc([N+](=O)[O-])c(I)c2)cc1F. The monoisotopic (exact) mass is 390 g/mol. The first-order chi connectivity index (χ1) is 9.38. The molecule has 4 nitrogen and oxygen atoms in total. The molecule has 20 heavy (non-hydrogen) atoms. The maximum atomic E-state index is 13.7. The van der Waals surface area contributed by atoms with Crippen LogP contribution >= 0.6 is 22.6 Å². The smallest absolute Gasteiger partial charge is 0.282 e. The van der Waals surface area contributed by atoms with Gasteiger partial charge >= 0.3 is 0 Å². The molecule has 0 saturated heterocycles. The van der Waals surface area contributed by atoms with Gasteiger partial charge in [0.2, 0.25) is 0 Å². The summed E-state index contributed by atoms with van der Waals surface area (Å²) in [6.07, 6.45) is 0. The molecule has 0 amide bonds. The molecule has 7 heteroatoms. The molecule has 0 atom stereocenters. The molecule has 0 radical (unpaired) electrons. The van der Waals surface area contributed by atoms with Crippen LogP contribution in [0.4, 0.5) is 25.8 Å². The van der Waals surface area contributed by atoms with Gasteiger partial charge in [-0.3, -0.25) is 10.1 Å². The summed E-state index contributed by atoms with van der Waals surface area (Å²) in [5.74, 6) is -1.11. The summed E-state index contributed by atoms with van der Waals surface area (Å²) in [6.45, 7) is 1.47. The first-order valence-corrected chi connectivity index (χ1v) is 6.63. The number of halogens is 3. The van der Waals surface area contributed by atoms with Crippen LogP contribution < -0.4 is 5.32 Å². The average molecular weight is 390 g/mol. The summed E-state index contributed by atoms with van der Waals surface area (Å²) >= 11 is 1.82. The summed E-state index contributed by atoms with van der Waals surface area (Å²) in [4.78, 5) is 10.2. The summed E-state index contributed by atoms with van der Waals surface area (Å²) in [6, 6.07) is 6.40. The maximum absolute atomic E-state index is 13.7. The number of benzene rings is 2. The quantitative estimate of drug-likeness (QED) is 0.476. The van der Waals surface area contributed by atoms with Crippen molar-refractivity contribution in [2.75, 3.05) is 5.32 Å². The fraction of sp³-hybridized carbons (Fsp3) is 0.0769. The largest absolute Gasteiger partial charge is 0.353 e. The Kier molecular flexibility index (Phi) is 4.17. The molecule has 1 N–H and O–H groups in total. The highest BCUT2D eigenvalue weighted by molar-refractivity contribution is 14.1. The normalized spacial score (nSPS) is 10.4. The van der Waals surface area contributed by atoms with E-state index in [0.29, 0.717) is 9.26 Å². The van der Waals surface area contributed by atoms with Gasteiger partial charge in [0.15, 0.2) is 0 Å². The molecule has 0 aromatic heterocycles. The number of anilines is 2. The molecular formula is C13H9F2IN2O2. The highest BCUT2D eigenvalue weighted by Crippen LogP contribution is 2.28. The van der Waals surface area contributed by atoms with Gasteiger partial charge in [-0.05, 0) is 53.3 Å². The maximum Gasteiger partial charge on any atom is 0.282 e. The van der Waals surface area contributed by atoms with Crippen molar-refractivity contribution in [1.82, 2.24) is 0 Å². The van der Waals surface area contributed by atoms with E-state index in [1.54, 1.807) is 0 Å². The minimum Gasteiger partial charge on any atom is -0.353 e. The molecule has 104 valence electrons. The summed E-state index contributed by atoms with van der Waals surface area (Å²) in [5.41, 5.74) is 0.609. The predicted octanol–water partition coefficient (Wildman–Crippen LogP) is 4.53. The molecule has 0 unspecified atom stereocenters. The Morgan fingerprint density at radius 3 is 2.50 bits per heavy atom. The topological polar surface area (TPSA) is 55.2 Å². The van der Waals surface area contributed by atoms with Crippen LogP contribution in [0.3, 0.4) is 0 Å². The molecule has 0 aliphatic carbocycles. The van der Waals surface area contributed by atoms with Gasteiger partial charge in [0.05, 0.1) is 14.2 Å². The summed E-state index contributed by atoms with van der Waals surface area (Å²) in [7, 11) is 0. The Morgan fingerprint density at radius 2 is 1.90 bits per heavy atom. The Bertz CT molecular complexity index is 692. The highest BCUT2D eigenvalue weighted by atomic mass is 127. The van der Waals surface area contributed by atoms with E-state index in [1.165, 1.54) is 25.1 Å². The van der Waals surface area contributed by atoms with Crippen molar-refractivity contribution in [3.05, 3.63) is 61.2 Å². The Labute approximate surface area is 127 Å². The van der Waals surface area contributed by atoms with E-state index in [9.17, 15) is 18.9 Å². The zero-order valence-electron chi connectivity index (χ0n) is 10.3. The molecule has 2 rings (SSSR count). The van der Waals surface area contributed by atoms with Gasteiger partial charge in [0, 0.05) is 17.8 Å². The lowest BCUT2D eigenvalue weighted by molar-refractivity contribution is -0.385. The van der Waals surface area contributed by atoms with Crippen molar-refractivity contribution in [1.29, 1.82) is 0 Å². The molecule has 2 aromatic rings. The van der Waals surface area contributed by atoms with E-state index in [0.717, 1.165) is 12.1 Å². The van der Waals surface area contributed by atoms with Gasteiger partial charge in [-0.1, -0.05) is 0 Å². The van der Waals surface area contributed by atoms with Gasteiger partial charge in [0.1, 0.15) is 11.6 Å². The van der Waals surface area contributed by atoms with Crippen molar-refractivity contribution in [3.8, 4) is 0 Å². The van der Waals surface area contributed by atoms with Crippen LogP contribution in [-0.2, 0) is 0 Å². The molecule has 0 heterocycles. The van der Waals surface area contributed by atoms with E-state index in [1.807, 2.05) is 22.6 Å². The number of nitrogens with one attached hydrogen (secondary N) is 1. The highest BCUT2D eigenvalue weighted by Gasteiger charge is 2.13. The van der Waals surface area contributed by atoms with Crippen molar-refractivity contribution < 1.29 is 13.7 Å². The van der Waals surface area contributed by atoms with Gasteiger partial charge in [-0.2, -0.15) is 0 Å². The molecule has 0 bridgehead atoms. The molecule has 0 fully saturated rings. The van der Waals surface area contributed by atoms with Gasteiger partial charge < -0.3 is 5.32 Å². The number of aryl methyl sites for hydroxylation is 1. The Morgan fingerprint density at radius 1 is 1.20 bits per heavy atom. The second-order valence-corrected chi connectivity index (χ2v) is 5.29. The van der Waals surface area contributed by atoms with E-state index in [2.05, 4.69) is 5.32 Å². The Balaban J connectivity index is 2.33. The number of rotatable bonds is 3. The summed E-state index contributed by atoms with van der Waals surface area (Å²) in [5, 5.41) is 13.4. The van der Waals surface area contributed by atoms with Crippen molar-refractivity contribution in [2.45, 2.75) is 6.92 Å². The van der Waals surface area contributed by atoms with Crippen molar-refractivity contribution in [2.24, 2.45) is 0 Å². The number of nitro groups is 1. The fourth-order valence-electron chi connectivity index (χ4n) is 1.63. The van der Waals surface area contributed by atoms with Crippen LogP contribution in [0.1, 0.15) is 5.56 Å². The first kappa shape index (κ1) is 14.6. The third kappa shape index (κ3) is 3.03. The van der Waals surface area contributed by atoms with Crippen molar-refractivity contribution in [3.63, 3.8) is 0 Å². The number of nitro benzene ring substituents is 1. The van der Waals surface area contributed by atoms with E-state index < -0.39 is 16.6 Å². The van der Waals surface area contributed by atoms with Crippen molar-refractivity contribution >= 4 is 39.7 Å². The average Bonchev–Trinajstić information content (AvgIpc) is 2.35. The summed E-state index contributed by atoms with van der Waals surface area (Å²) < 4.78 is 27.5. The van der Waals surface area contributed by atoms with E-state index >= 15 is 0 Å². The predicted molar refractivity (Wildman–Crippen MR) is 80.2 cm³/mol. The molecule has 0 aliphatic heterocycles. The molecule has 0 spiro atoms. The van der Waals surface area contributed by atoms with Gasteiger partial charge in [0.25, 0.3) is 5.69 Å². The molecule has 0 aliphatic rings. The lowest BCUT2D eigenvalue weighted by Crippen LogP contribution is -1.98. The third-order valence-electron chi connectivity index (χ3n) is 2.67. The van der Waals surface area contributed by atoms with Crippen LogP contribution in [0.25, 0.3) is 0 Å². The van der Waals surface area contributed by atoms with Crippen LogP contribution in [0, 0.1) is 32.2 Å². The van der Waals surface area contributed by atoms with Crippen LogP contribution in [0.2, 0.25) is 0 Å². The minimum absolute atomic E-state index is 0.0160. The number of hydrogen-bond acceptors (Lipinski definition) is 3. The second kappa shape index (κ2) is 5.70. The van der Waals surface area contributed by atoms with E-state index in [4.69, 9.17) is 0 Å². The Hall–Kier alpha value is -1.77. The second-order valence-electron chi connectivity index (χ2n) is 4.13. The standard InChI is InChI=1S/C13H9F2IN2O2/c1-7-4-10(15)12(6-9(7)14)17-8-2-3-13(18(19)20)11(16)5-8/h2-6,17H,1H3. The zero-order valence-corrected chi connectivity index (χ0v) is 12.4. The molecular weight excluding hydrogens is 381 g/mol. The van der Waals surface area contributed by atoms with E-state index in [-0.39, 0.29) is 16.9 Å². The lowest BCUT2D eigenvalue weighted by Gasteiger charge is -2.09. The van der Waals surface area contributed by atoms with Crippen LogP contribution in [-0.4, -0.2) is 4.92 Å².